The Kier molecular flexibility index (Phi) is 3.12. The maximum atomic E-state index is 13.7. The van der Waals surface area contributed by atoms with Crippen LogP contribution in [-0.4, -0.2) is 24.4 Å². The largest absolute Gasteiger partial charge is 0.494 e. The molecule has 0 atom stereocenters. The number of aliphatic hydroxyl groups excluding tert-OH is 1. The Morgan fingerprint density at radius 1 is 1.50 bits per heavy atom. The highest BCUT2D eigenvalue weighted by molar-refractivity contribution is 5.31. The van der Waals surface area contributed by atoms with E-state index in [9.17, 15) is 4.39 Å². The molecule has 1 fully saturated rings. The molecule has 0 spiro atoms. The van der Waals surface area contributed by atoms with Crippen LogP contribution in [0.1, 0.15) is 18.4 Å². The number of nitrogens with one attached hydrogen (secondary N) is 1. The molecule has 1 aliphatic rings. The zero-order valence-electron chi connectivity index (χ0n) is 9.29. The summed E-state index contributed by atoms with van der Waals surface area (Å²) in [6.45, 7) is 0.530. The Morgan fingerprint density at radius 2 is 2.25 bits per heavy atom. The molecule has 88 valence electrons. The fraction of sp³-hybridized carbons (Fsp3) is 0.500. The summed E-state index contributed by atoms with van der Waals surface area (Å²) >= 11 is 0. The smallest absolute Gasteiger partial charge is 0.169 e. The first-order valence-electron chi connectivity index (χ1n) is 5.38. The molecule has 0 radical (unpaired) electrons. The number of methoxy groups -OCH3 is 1. The minimum absolute atomic E-state index is 0.110. The quantitative estimate of drug-likeness (QED) is 0.797. The van der Waals surface area contributed by atoms with E-state index in [4.69, 9.17) is 9.84 Å². The Balaban J connectivity index is 2.04. The van der Waals surface area contributed by atoms with Crippen molar-refractivity contribution < 1.29 is 14.2 Å². The van der Waals surface area contributed by atoms with Gasteiger partial charge in [-0.25, -0.2) is 4.39 Å². The first-order chi connectivity index (χ1) is 7.71. The van der Waals surface area contributed by atoms with E-state index in [-0.39, 0.29) is 23.7 Å². The average molecular weight is 225 g/mol. The summed E-state index contributed by atoms with van der Waals surface area (Å²) in [5, 5.41) is 12.3. The van der Waals surface area contributed by atoms with Crippen LogP contribution in [0.2, 0.25) is 0 Å². The fourth-order valence-corrected chi connectivity index (χ4v) is 1.67. The van der Waals surface area contributed by atoms with E-state index in [1.165, 1.54) is 7.11 Å². The maximum Gasteiger partial charge on any atom is 0.169 e. The number of hydrogen-bond acceptors (Lipinski definition) is 3. The molecule has 0 unspecified atom stereocenters. The topological polar surface area (TPSA) is 41.5 Å². The van der Waals surface area contributed by atoms with E-state index in [1.54, 1.807) is 18.2 Å². The van der Waals surface area contributed by atoms with Gasteiger partial charge in [0.25, 0.3) is 0 Å². The van der Waals surface area contributed by atoms with Crippen LogP contribution >= 0.6 is 0 Å². The maximum absolute atomic E-state index is 13.7. The lowest BCUT2D eigenvalue weighted by molar-refractivity contribution is 0.229. The summed E-state index contributed by atoms with van der Waals surface area (Å²) < 4.78 is 18.7. The van der Waals surface area contributed by atoms with Gasteiger partial charge in [0.05, 0.1) is 13.7 Å². The highest BCUT2D eigenvalue weighted by Gasteiger charge is 2.41. The van der Waals surface area contributed by atoms with Gasteiger partial charge in [-0.1, -0.05) is 12.1 Å². The molecule has 1 aromatic rings. The number of ether oxygens (including phenoxy) is 1. The first kappa shape index (κ1) is 11.4. The molecule has 1 aromatic carbocycles. The number of rotatable bonds is 5. The Morgan fingerprint density at radius 3 is 2.81 bits per heavy atom. The lowest BCUT2D eigenvalue weighted by Gasteiger charge is -2.15. The van der Waals surface area contributed by atoms with E-state index in [0.29, 0.717) is 12.1 Å². The van der Waals surface area contributed by atoms with Gasteiger partial charge >= 0.3 is 0 Å². The molecule has 16 heavy (non-hydrogen) atoms. The predicted octanol–water partition coefficient (Wildman–Crippen LogP) is 1.45. The molecule has 0 aliphatic heterocycles. The summed E-state index contributed by atoms with van der Waals surface area (Å²) in [5.41, 5.74) is 0.397. The van der Waals surface area contributed by atoms with Crippen molar-refractivity contribution in [2.24, 2.45) is 0 Å². The average Bonchev–Trinajstić information content (AvgIpc) is 3.08. The van der Waals surface area contributed by atoms with Crippen LogP contribution in [0, 0.1) is 5.82 Å². The molecule has 0 aromatic heterocycles. The van der Waals surface area contributed by atoms with Crippen LogP contribution in [0.3, 0.4) is 0 Å². The monoisotopic (exact) mass is 225 g/mol. The van der Waals surface area contributed by atoms with Crippen molar-refractivity contribution in [2.45, 2.75) is 24.9 Å². The zero-order valence-corrected chi connectivity index (χ0v) is 9.29. The van der Waals surface area contributed by atoms with Crippen molar-refractivity contribution in [1.82, 2.24) is 5.32 Å². The van der Waals surface area contributed by atoms with Crippen LogP contribution in [0.5, 0.6) is 5.75 Å². The van der Waals surface area contributed by atoms with Gasteiger partial charge < -0.3 is 15.2 Å². The van der Waals surface area contributed by atoms with E-state index in [2.05, 4.69) is 5.32 Å². The van der Waals surface area contributed by atoms with Crippen molar-refractivity contribution >= 4 is 0 Å². The molecule has 2 rings (SSSR count). The fourth-order valence-electron chi connectivity index (χ4n) is 1.67. The van der Waals surface area contributed by atoms with Gasteiger partial charge in [0.2, 0.25) is 0 Å². The molecule has 1 aliphatic carbocycles. The first-order valence-corrected chi connectivity index (χ1v) is 5.38. The van der Waals surface area contributed by atoms with E-state index in [1.807, 2.05) is 0 Å². The second kappa shape index (κ2) is 4.39. The number of aliphatic hydroxyl groups is 1. The third kappa shape index (κ3) is 2.18. The molecule has 0 bridgehead atoms. The van der Waals surface area contributed by atoms with Gasteiger partial charge in [0, 0.05) is 17.6 Å². The van der Waals surface area contributed by atoms with Crippen molar-refractivity contribution in [1.29, 1.82) is 0 Å². The van der Waals surface area contributed by atoms with Crippen LogP contribution in [0.15, 0.2) is 18.2 Å². The minimum Gasteiger partial charge on any atom is -0.494 e. The predicted molar refractivity (Wildman–Crippen MR) is 58.8 cm³/mol. The van der Waals surface area contributed by atoms with Crippen LogP contribution in [0.4, 0.5) is 4.39 Å². The number of hydrogen-bond donors (Lipinski definition) is 2. The van der Waals surface area contributed by atoms with Gasteiger partial charge in [0.15, 0.2) is 11.6 Å². The second-order valence-corrected chi connectivity index (χ2v) is 4.23. The van der Waals surface area contributed by atoms with E-state index >= 15 is 0 Å². The molecular weight excluding hydrogens is 209 g/mol. The Hall–Kier alpha value is -1.13. The van der Waals surface area contributed by atoms with Gasteiger partial charge in [-0.3, -0.25) is 0 Å². The standard InChI is InChI=1S/C12H16FNO2/c1-16-10-4-2-3-9(11(10)13)7-14-12(8-15)5-6-12/h2-4,14-15H,5-8H2,1H3. The second-order valence-electron chi connectivity index (χ2n) is 4.23. The number of halogens is 1. The van der Waals surface area contributed by atoms with Gasteiger partial charge in [-0.15, -0.1) is 0 Å². The van der Waals surface area contributed by atoms with E-state index in [0.717, 1.165) is 12.8 Å². The third-order valence-corrected chi connectivity index (χ3v) is 3.07. The summed E-state index contributed by atoms with van der Waals surface area (Å²) in [6, 6.07) is 5.08. The molecule has 0 saturated heterocycles. The normalized spacial score (nSPS) is 17.2. The lowest BCUT2D eigenvalue weighted by atomic mass is 10.1. The van der Waals surface area contributed by atoms with Crippen molar-refractivity contribution in [3.8, 4) is 5.75 Å². The summed E-state index contributed by atoms with van der Waals surface area (Å²) in [4.78, 5) is 0. The molecule has 0 amide bonds. The number of benzene rings is 1. The van der Waals surface area contributed by atoms with Crippen molar-refractivity contribution in [2.75, 3.05) is 13.7 Å². The summed E-state index contributed by atoms with van der Waals surface area (Å²) in [6.07, 6.45) is 1.91. The SMILES string of the molecule is COc1cccc(CNC2(CO)CC2)c1F. The van der Waals surface area contributed by atoms with Crippen molar-refractivity contribution in [3.63, 3.8) is 0 Å². The summed E-state index contributed by atoms with van der Waals surface area (Å²) in [5.74, 6) is -0.0700. The molecule has 0 heterocycles. The van der Waals surface area contributed by atoms with Gasteiger partial charge in [-0.05, 0) is 18.9 Å². The van der Waals surface area contributed by atoms with Crippen LogP contribution in [0.25, 0.3) is 0 Å². The molecule has 3 nitrogen and oxygen atoms in total. The molecule has 4 heteroatoms. The highest BCUT2D eigenvalue weighted by atomic mass is 19.1. The minimum atomic E-state index is -0.328. The van der Waals surface area contributed by atoms with Gasteiger partial charge in [-0.2, -0.15) is 0 Å². The lowest BCUT2D eigenvalue weighted by Crippen LogP contribution is -2.34. The Bertz CT molecular complexity index is 377. The van der Waals surface area contributed by atoms with Crippen LogP contribution in [-0.2, 0) is 6.54 Å². The highest BCUT2D eigenvalue weighted by Crippen LogP contribution is 2.35. The third-order valence-electron chi connectivity index (χ3n) is 3.07. The zero-order chi connectivity index (χ0) is 11.6. The molecular formula is C12H16FNO2. The van der Waals surface area contributed by atoms with E-state index < -0.39 is 0 Å². The molecule has 1 saturated carbocycles. The summed E-state index contributed by atoms with van der Waals surface area (Å²) in [7, 11) is 1.45. The van der Waals surface area contributed by atoms with Gasteiger partial charge in [0.1, 0.15) is 0 Å². The Labute approximate surface area is 94.2 Å². The molecule has 2 N–H and O–H groups in total. The van der Waals surface area contributed by atoms with Crippen molar-refractivity contribution in [3.05, 3.63) is 29.6 Å². The van der Waals surface area contributed by atoms with Crippen LogP contribution < -0.4 is 10.1 Å².